The molecule has 1 aromatic heterocycles. The molecule has 0 aliphatic carbocycles. The predicted molar refractivity (Wildman–Crippen MR) is 62.4 cm³/mol. The summed E-state index contributed by atoms with van der Waals surface area (Å²) in [5.74, 6) is -2.04. The van der Waals surface area contributed by atoms with Crippen molar-refractivity contribution in [1.82, 2.24) is 9.97 Å². The van der Waals surface area contributed by atoms with Crippen molar-refractivity contribution in [2.24, 2.45) is 0 Å². The maximum Gasteiger partial charge on any atom is 0.451 e. The number of alkyl halides is 3. The lowest BCUT2D eigenvalue weighted by Crippen LogP contribution is -2.11. The number of hydrogen-bond donors (Lipinski definition) is 0. The van der Waals surface area contributed by atoms with E-state index in [2.05, 4.69) is 9.97 Å². The van der Waals surface area contributed by atoms with Gasteiger partial charge in [0, 0.05) is 11.6 Å². The van der Waals surface area contributed by atoms with E-state index in [1.165, 1.54) is 6.07 Å². The fourth-order valence-corrected chi connectivity index (χ4v) is 1.71. The van der Waals surface area contributed by atoms with Crippen LogP contribution in [0.1, 0.15) is 5.82 Å². The smallest absolute Gasteiger partial charge is 0.224 e. The summed E-state index contributed by atoms with van der Waals surface area (Å²) in [6.07, 6.45) is -4.72. The summed E-state index contributed by atoms with van der Waals surface area (Å²) in [7, 11) is 0. The van der Waals surface area contributed by atoms with Crippen molar-refractivity contribution < 1.29 is 17.6 Å². The summed E-state index contributed by atoms with van der Waals surface area (Å²) in [5.41, 5.74) is 0.121. The summed E-state index contributed by atoms with van der Waals surface area (Å²) >= 11 is 11.1. The Labute approximate surface area is 115 Å². The van der Waals surface area contributed by atoms with E-state index in [0.717, 1.165) is 18.2 Å². The number of halogens is 6. The Morgan fingerprint density at radius 1 is 1.00 bits per heavy atom. The third-order valence-corrected chi connectivity index (χ3v) is 2.65. The fourth-order valence-electron chi connectivity index (χ4n) is 1.35. The first-order chi connectivity index (χ1) is 8.77. The standard InChI is InChI=1S/C11H4Cl2F4N2/c12-6-3-5(1-2-7(6)14)8-4-9(13)19-10(18-8)11(15,16)17/h1-4H. The molecule has 0 saturated heterocycles. The van der Waals surface area contributed by atoms with E-state index in [4.69, 9.17) is 23.2 Å². The molecule has 0 aliphatic rings. The average molecular weight is 311 g/mol. The molecule has 0 radical (unpaired) electrons. The molecule has 0 saturated carbocycles. The van der Waals surface area contributed by atoms with E-state index >= 15 is 0 Å². The van der Waals surface area contributed by atoms with Crippen molar-refractivity contribution in [2.75, 3.05) is 0 Å². The van der Waals surface area contributed by atoms with Gasteiger partial charge in [0.2, 0.25) is 5.82 Å². The van der Waals surface area contributed by atoms with Crippen LogP contribution < -0.4 is 0 Å². The summed E-state index contributed by atoms with van der Waals surface area (Å²) in [4.78, 5) is 6.44. The minimum atomic E-state index is -4.72. The van der Waals surface area contributed by atoms with Crippen LogP contribution in [0, 0.1) is 5.82 Å². The van der Waals surface area contributed by atoms with Crippen LogP contribution in [-0.4, -0.2) is 9.97 Å². The molecule has 0 bridgehead atoms. The van der Waals surface area contributed by atoms with Gasteiger partial charge in [0.15, 0.2) is 0 Å². The molecule has 19 heavy (non-hydrogen) atoms. The van der Waals surface area contributed by atoms with Crippen molar-refractivity contribution in [2.45, 2.75) is 6.18 Å². The quantitative estimate of drug-likeness (QED) is 0.568. The van der Waals surface area contributed by atoms with Gasteiger partial charge in [0.25, 0.3) is 0 Å². The highest BCUT2D eigenvalue weighted by molar-refractivity contribution is 6.31. The average Bonchev–Trinajstić information content (AvgIpc) is 2.31. The Balaban J connectivity index is 2.56. The first kappa shape index (κ1) is 14.0. The van der Waals surface area contributed by atoms with Crippen molar-refractivity contribution in [1.29, 1.82) is 0 Å². The van der Waals surface area contributed by atoms with Crippen LogP contribution in [0.2, 0.25) is 10.2 Å². The maximum atomic E-state index is 13.0. The van der Waals surface area contributed by atoms with Crippen molar-refractivity contribution in [3.63, 3.8) is 0 Å². The van der Waals surface area contributed by atoms with Crippen LogP contribution in [0.5, 0.6) is 0 Å². The molecule has 0 spiro atoms. The Bertz CT molecular complexity index is 629. The number of aromatic nitrogens is 2. The monoisotopic (exact) mass is 310 g/mol. The van der Waals surface area contributed by atoms with Gasteiger partial charge in [-0.1, -0.05) is 23.2 Å². The molecule has 2 rings (SSSR count). The topological polar surface area (TPSA) is 25.8 Å². The molecule has 0 atom stereocenters. The number of rotatable bonds is 1. The van der Waals surface area contributed by atoms with Crippen LogP contribution in [0.15, 0.2) is 24.3 Å². The predicted octanol–water partition coefficient (Wildman–Crippen LogP) is 4.61. The molecular weight excluding hydrogens is 307 g/mol. The SMILES string of the molecule is Fc1ccc(-c2cc(Cl)nc(C(F)(F)F)n2)cc1Cl. The van der Waals surface area contributed by atoms with Crippen LogP contribution in [-0.2, 0) is 6.18 Å². The van der Waals surface area contributed by atoms with Gasteiger partial charge in [-0.2, -0.15) is 13.2 Å². The van der Waals surface area contributed by atoms with Gasteiger partial charge >= 0.3 is 6.18 Å². The zero-order chi connectivity index (χ0) is 14.2. The Kier molecular flexibility index (Phi) is 3.64. The normalized spacial score (nSPS) is 11.7. The van der Waals surface area contributed by atoms with Crippen LogP contribution in [0.3, 0.4) is 0 Å². The number of nitrogens with zero attached hydrogens (tertiary/aromatic N) is 2. The molecule has 1 heterocycles. The van der Waals surface area contributed by atoms with Gasteiger partial charge in [-0.05, 0) is 18.2 Å². The van der Waals surface area contributed by atoms with Gasteiger partial charge in [-0.3, -0.25) is 0 Å². The second-order valence-corrected chi connectivity index (χ2v) is 4.32. The zero-order valence-corrected chi connectivity index (χ0v) is 10.5. The lowest BCUT2D eigenvalue weighted by Gasteiger charge is -2.08. The van der Waals surface area contributed by atoms with Gasteiger partial charge < -0.3 is 0 Å². The Morgan fingerprint density at radius 2 is 1.68 bits per heavy atom. The molecule has 0 unspecified atom stereocenters. The lowest BCUT2D eigenvalue weighted by molar-refractivity contribution is -0.144. The van der Waals surface area contributed by atoms with E-state index in [1.807, 2.05) is 0 Å². The summed E-state index contributed by atoms with van der Waals surface area (Å²) in [6.45, 7) is 0. The van der Waals surface area contributed by atoms with Crippen LogP contribution in [0.25, 0.3) is 11.3 Å². The van der Waals surface area contributed by atoms with Crippen molar-refractivity contribution in [3.05, 3.63) is 46.1 Å². The molecule has 1 aromatic carbocycles. The molecular formula is C11H4Cl2F4N2. The first-order valence-corrected chi connectivity index (χ1v) is 5.60. The Morgan fingerprint density at radius 3 is 2.26 bits per heavy atom. The number of hydrogen-bond acceptors (Lipinski definition) is 2. The molecule has 0 N–H and O–H groups in total. The van der Waals surface area contributed by atoms with Gasteiger partial charge in [-0.15, -0.1) is 0 Å². The zero-order valence-electron chi connectivity index (χ0n) is 8.97. The number of benzene rings is 1. The summed E-state index contributed by atoms with van der Waals surface area (Å²) < 4.78 is 50.6. The highest BCUT2D eigenvalue weighted by Gasteiger charge is 2.35. The fraction of sp³-hybridized carbons (Fsp3) is 0.0909. The van der Waals surface area contributed by atoms with E-state index in [9.17, 15) is 17.6 Å². The summed E-state index contributed by atoms with van der Waals surface area (Å²) in [6, 6.07) is 4.58. The van der Waals surface area contributed by atoms with E-state index in [-0.39, 0.29) is 21.4 Å². The molecule has 2 nitrogen and oxygen atoms in total. The second-order valence-electron chi connectivity index (χ2n) is 3.53. The van der Waals surface area contributed by atoms with Gasteiger partial charge in [-0.25, -0.2) is 14.4 Å². The third kappa shape index (κ3) is 3.13. The molecule has 8 heteroatoms. The highest BCUT2D eigenvalue weighted by Crippen LogP contribution is 2.30. The first-order valence-electron chi connectivity index (χ1n) is 4.84. The molecule has 0 aliphatic heterocycles. The maximum absolute atomic E-state index is 13.0. The van der Waals surface area contributed by atoms with E-state index < -0.39 is 17.8 Å². The Hall–Kier alpha value is -1.40. The van der Waals surface area contributed by atoms with Crippen molar-refractivity contribution in [3.8, 4) is 11.3 Å². The molecule has 100 valence electrons. The van der Waals surface area contributed by atoms with E-state index in [1.54, 1.807) is 0 Å². The van der Waals surface area contributed by atoms with Gasteiger partial charge in [0.1, 0.15) is 11.0 Å². The minimum absolute atomic E-state index is 0.0887. The highest BCUT2D eigenvalue weighted by atomic mass is 35.5. The largest absolute Gasteiger partial charge is 0.451 e. The molecule has 0 amide bonds. The lowest BCUT2D eigenvalue weighted by atomic mass is 10.1. The second kappa shape index (κ2) is 4.94. The summed E-state index contributed by atoms with van der Waals surface area (Å²) in [5, 5.41) is -0.585. The molecule has 0 fully saturated rings. The van der Waals surface area contributed by atoms with E-state index in [0.29, 0.717) is 0 Å². The van der Waals surface area contributed by atoms with Crippen molar-refractivity contribution >= 4 is 23.2 Å². The van der Waals surface area contributed by atoms with Gasteiger partial charge in [0.05, 0.1) is 10.7 Å². The minimum Gasteiger partial charge on any atom is -0.224 e. The molecule has 2 aromatic rings. The van der Waals surface area contributed by atoms with Crippen LogP contribution >= 0.6 is 23.2 Å². The third-order valence-electron chi connectivity index (χ3n) is 2.16. The van der Waals surface area contributed by atoms with Crippen LogP contribution in [0.4, 0.5) is 17.6 Å².